The Balaban J connectivity index is 2.13. The summed E-state index contributed by atoms with van der Waals surface area (Å²) in [6.07, 6.45) is 0. The first-order valence-corrected chi connectivity index (χ1v) is 6.48. The van der Waals surface area contributed by atoms with Gasteiger partial charge >= 0.3 is 0 Å². The molecule has 5 heteroatoms. The van der Waals surface area contributed by atoms with Crippen molar-refractivity contribution in [3.63, 3.8) is 0 Å². The van der Waals surface area contributed by atoms with Crippen molar-refractivity contribution >= 4 is 16.7 Å². The van der Waals surface area contributed by atoms with Crippen molar-refractivity contribution in [2.24, 2.45) is 5.92 Å². The van der Waals surface area contributed by atoms with Crippen LogP contribution in [0.5, 0.6) is 0 Å². The molecule has 1 unspecified atom stereocenters. The molecule has 0 aliphatic carbocycles. The molecule has 0 bridgehead atoms. The molecule has 0 saturated carbocycles. The Morgan fingerprint density at radius 3 is 3.00 bits per heavy atom. The summed E-state index contributed by atoms with van der Waals surface area (Å²) in [5, 5.41) is 8.88. The van der Waals surface area contributed by atoms with E-state index < -0.39 is 0 Å². The van der Waals surface area contributed by atoms with Crippen LogP contribution in [0.1, 0.15) is 19.7 Å². The normalized spacial score (nSPS) is 12.7. The number of hydrogen-bond acceptors (Lipinski definition) is 4. The molecule has 2 aromatic rings. The molecule has 1 aromatic heterocycles. The van der Waals surface area contributed by atoms with Gasteiger partial charge in [-0.2, -0.15) is 5.26 Å². The van der Waals surface area contributed by atoms with Crippen molar-refractivity contribution < 1.29 is 0 Å². The molecule has 1 heterocycles. The summed E-state index contributed by atoms with van der Waals surface area (Å²) in [6, 6.07) is 7.91. The van der Waals surface area contributed by atoms with E-state index >= 15 is 0 Å². The smallest absolute Gasteiger partial charge is 0.121 e. The zero-order chi connectivity index (χ0) is 13.8. The lowest BCUT2D eigenvalue weighted by atomic mass is 10.2. The molecule has 19 heavy (non-hydrogen) atoms. The topological polar surface area (TPSA) is 81.7 Å². The zero-order valence-corrected chi connectivity index (χ0v) is 11.3. The summed E-state index contributed by atoms with van der Waals surface area (Å²) in [5.41, 5.74) is 8.36. The van der Waals surface area contributed by atoms with Gasteiger partial charge in [-0.1, -0.05) is 6.92 Å². The number of H-pyrrole nitrogens is 1. The van der Waals surface area contributed by atoms with Crippen molar-refractivity contribution in [2.45, 2.75) is 20.4 Å². The minimum atomic E-state index is 0.0278. The van der Waals surface area contributed by atoms with Crippen LogP contribution in [0, 0.1) is 17.2 Å². The molecule has 2 rings (SSSR count). The SMILES string of the molecule is CCN(Cc1nc2ccc(N)cc2[nH]1)CC(C)C#N. The van der Waals surface area contributed by atoms with Crippen molar-refractivity contribution in [3.05, 3.63) is 24.0 Å². The van der Waals surface area contributed by atoms with Crippen molar-refractivity contribution in [1.29, 1.82) is 5.26 Å². The van der Waals surface area contributed by atoms with E-state index in [9.17, 15) is 0 Å². The maximum absolute atomic E-state index is 8.88. The van der Waals surface area contributed by atoms with E-state index in [1.165, 1.54) is 0 Å². The van der Waals surface area contributed by atoms with Gasteiger partial charge in [0.1, 0.15) is 5.82 Å². The highest BCUT2D eigenvalue weighted by Gasteiger charge is 2.11. The Morgan fingerprint density at radius 2 is 2.32 bits per heavy atom. The van der Waals surface area contributed by atoms with E-state index in [0.29, 0.717) is 0 Å². The molecule has 0 spiro atoms. The van der Waals surface area contributed by atoms with Crippen LogP contribution in [0.2, 0.25) is 0 Å². The van der Waals surface area contributed by atoms with E-state index in [-0.39, 0.29) is 5.92 Å². The summed E-state index contributed by atoms with van der Waals surface area (Å²) in [6.45, 7) is 6.39. The number of aromatic amines is 1. The third-order valence-corrected chi connectivity index (χ3v) is 3.13. The second kappa shape index (κ2) is 5.72. The van der Waals surface area contributed by atoms with Gasteiger partial charge in [0, 0.05) is 12.2 Å². The highest BCUT2D eigenvalue weighted by molar-refractivity contribution is 5.78. The molecule has 0 radical (unpaired) electrons. The van der Waals surface area contributed by atoms with Crippen LogP contribution in [0.4, 0.5) is 5.69 Å². The van der Waals surface area contributed by atoms with Gasteiger partial charge in [-0.3, -0.25) is 4.90 Å². The first-order chi connectivity index (χ1) is 9.12. The summed E-state index contributed by atoms with van der Waals surface area (Å²) in [7, 11) is 0. The fourth-order valence-corrected chi connectivity index (χ4v) is 2.10. The summed E-state index contributed by atoms with van der Waals surface area (Å²) < 4.78 is 0. The summed E-state index contributed by atoms with van der Waals surface area (Å²) in [5.74, 6) is 0.938. The van der Waals surface area contributed by atoms with Gasteiger partial charge in [-0.25, -0.2) is 4.98 Å². The Kier molecular flexibility index (Phi) is 4.03. The maximum Gasteiger partial charge on any atom is 0.121 e. The predicted molar refractivity (Wildman–Crippen MR) is 76.2 cm³/mol. The van der Waals surface area contributed by atoms with Crippen LogP contribution in [0.3, 0.4) is 0 Å². The van der Waals surface area contributed by atoms with Crippen LogP contribution in [0.25, 0.3) is 11.0 Å². The third kappa shape index (κ3) is 3.24. The van der Waals surface area contributed by atoms with Gasteiger partial charge in [0.25, 0.3) is 0 Å². The van der Waals surface area contributed by atoms with Crippen molar-refractivity contribution in [1.82, 2.24) is 14.9 Å². The molecule has 0 aliphatic heterocycles. The average molecular weight is 257 g/mol. The van der Waals surface area contributed by atoms with Crippen molar-refractivity contribution in [2.75, 3.05) is 18.8 Å². The average Bonchev–Trinajstić information content (AvgIpc) is 2.79. The number of rotatable bonds is 5. The molecule has 3 N–H and O–H groups in total. The fraction of sp³-hybridized carbons (Fsp3) is 0.429. The van der Waals surface area contributed by atoms with Gasteiger partial charge < -0.3 is 10.7 Å². The largest absolute Gasteiger partial charge is 0.399 e. The monoisotopic (exact) mass is 257 g/mol. The van der Waals surface area contributed by atoms with Gasteiger partial charge in [0.15, 0.2) is 0 Å². The number of aromatic nitrogens is 2. The molecule has 5 nitrogen and oxygen atoms in total. The lowest BCUT2D eigenvalue weighted by Crippen LogP contribution is -2.28. The van der Waals surface area contributed by atoms with Gasteiger partial charge in [0.05, 0.1) is 29.6 Å². The second-order valence-electron chi connectivity index (χ2n) is 4.82. The number of imidazole rings is 1. The Labute approximate surface area is 113 Å². The molecule has 0 fully saturated rings. The Bertz CT molecular complexity index is 595. The lowest BCUT2D eigenvalue weighted by molar-refractivity contribution is 0.255. The third-order valence-electron chi connectivity index (χ3n) is 3.13. The van der Waals surface area contributed by atoms with E-state index in [0.717, 1.165) is 42.2 Å². The van der Waals surface area contributed by atoms with Gasteiger partial charge in [-0.05, 0) is 31.7 Å². The number of nitrogen functional groups attached to an aromatic ring is 1. The highest BCUT2D eigenvalue weighted by atomic mass is 15.1. The number of nitrogens with one attached hydrogen (secondary N) is 1. The zero-order valence-electron chi connectivity index (χ0n) is 11.3. The number of nitriles is 1. The predicted octanol–water partition coefficient (Wildman–Crippen LogP) is 2.13. The standard InChI is InChI=1S/C14H19N5/c1-3-19(8-10(2)7-15)9-14-17-12-5-4-11(16)6-13(12)18-14/h4-6,10H,3,8-9,16H2,1-2H3,(H,17,18). The van der Waals surface area contributed by atoms with Crippen LogP contribution in [0.15, 0.2) is 18.2 Å². The number of fused-ring (bicyclic) bond motifs is 1. The van der Waals surface area contributed by atoms with E-state index in [4.69, 9.17) is 11.0 Å². The first kappa shape index (κ1) is 13.4. The minimum Gasteiger partial charge on any atom is -0.399 e. The van der Waals surface area contributed by atoms with Crippen LogP contribution in [-0.2, 0) is 6.54 Å². The van der Waals surface area contributed by atoms with E-state index in [1.54, 1.807) is 0 Å². The lowest BCUT2D eigenvalue weighted by Gasteiger charge is -2.19. The van der Waals surface area contributed by atoms with Crippen LogP contribution < -0.4 is 5.73 Å². The summed E-state index contributed by atoms with van der Waals surface area (Å²) in [4.78, 5) is 10.0. The number of hydrogen-bond donors (Lipinski definition) is 2. The Hall–Kier alpha value is -2.06. The Morgan fingerprint density at radius 1 is 1.53 bits per heavy atom. The quantitative estimate of drug-likeness (QED) is 0.804. The molecular weight excluding hydrogens is 238 g/mol. The number of nitrogens with zero attached hydrogens (tertiary/aromatic N) is 3. The van der Waals surface area contributed by atoms with E-state index in [2.05, 4.69) is 27.9 Å². The molecule has 1 aromatic carbocycles. The molecule has 0 amide bonds. The molecule has 0 saturated heterocycles. The van der Waals surface area contributed by atoms with Crippen molar-refractivity contribution in [3.8, 4) is 6.07 Å². The molecule has 1 atom stereocenters. The minimum absolute atomic E-state index is 0.0278. The van der Waals surface area contributed by atoms with Crippen LogP contribution >= 0.6 is 0 Å². The number of nitrogens with two attached hydrogens (primary N) is 1. The summed E-state index contributed by atoms with van der Waals surface area (Å²) >= 11 is 0. The fourth-order valence-electron chi connectivity index (χ4n) is 2.10. The number of anilines is 1. The number of benzene rings is 1. The highest BCUT2D eigenvalue weighted by Crippen LogP contribution is 2.16. The first-order valence-electron chi connectivity index (χ1n) is 6.48. The molecule has 0 aliphatic rings. The maximum atomic E-state index is 8.88. The second-order valence-corrected chi connectivity index (χ2v) is 4.82. The molecular formula is C14H19N5. The van der Waals surface area contributed by atoms with Gasteiger partial charge in [-0.15, -0.1) is 0 Å². The molecule has 100 valence electrons. The van der Waals surface area contributed by atoms with Gasteiger partial charge in [0.2, 0.25) is 0 Å². The van der Waals surface area contributed by atoms with Crippen LogP contribution in [-0.4, -0.2) is 28.0 Å². The van der Waals surface area contributed by atoms with E-state index in [1.807, 2.05) is 25.1 Å².